The third-order valence-corrected chi connectivity index (χ3v) is 5.15. The highest BCUT2D eigenvalue weighted by Crippen LogP contribution is 2.04. The van der Waals surface area contributed by atoms with Crippen LogP contribution in [-0.4, -0.2) is 86.6 Å². The fourth-order valence-electron chi connectivity index (χ4n) is 3.35. The Hall–Kier alpha value is -1.07. The van der Waals surface area contributed by atoms with Crippen LogP contribution in [0.15, 0.2) is 17.6 Å². The molecule has 1 saturated heterocycles. The lowest BCUT2D eigenvalue weighted by atomic mass is 10.2. The van der Waals surface area contributed by atoms with Crippen LogP contribution in [0.4, 0.5) is 0 Å². The normalized spacial score (nSPS) is 16.7. The van der Waals surface area contributed by atoms with Crippen LogP contribution in [0.25, 0.3) is 0 Å². The van der Waals surface area contributed by atoms with Crippen LogP contribution in [0.5, 0.6) is 0 Å². The van der Waals surface area contributed by atoms with Gasteiger partial charge < -0.3 is 20.0 Å². The Bertz CT molecular complexity index is 375. The van der Waals surface area contributed by atoms with Crippen molar-refractivity contribution >= 4 is 5.96 Å². The van der Waals surface area contributed by atoms with Gasteiger partial charge in [-0.3, -0.25) is 4.99 Å². The Morgan fingerprint density at radius 2 is 1.77 bits per heavy atom. The van der Waals surface area contributed by atoms with Gasteiger partial charge in [-0.2, -0.15) is 0 Å². The minimum absolute atomic E-state index is 0.929. The summed E-state index contributed by atoms with van der Waals surface area (Å²) in [6, 6.07) is 0. The van der Waals surface area contributed by atoms with Crippen LogP contribution in [0, 0.1) is 0 Å². The summed E-state index contributed by atoms with van der Waals surface area (Å²) < 4.78 is 0. The van der Waals surface area contributed by atoms with E-state index in [9.17, 15) is 0 Å². The number of likely N-dealkylation sites (N-methyl/N-ethyl adjacent to an activating group) is 1. The molecule has 5 nitrogen and oxygen atoms in total. The van der Waals surface area contributed by atoms with Gasteiger partial charge in [0.15, 0.2) is 5.96 Å². The number of allylic oxidation sites excluding steroid dienone is 1. The molecule has 0 aromatic rings. The summed E-state index contributed by atoms with van der Waals surface area (Å²) in [6.45, 7) is 18.5. The molecule has 0 saturated carbocycles. The maximum absolute atomic E-state index is 4.82. The highest BCUT2D eigenvalue weighted by atomic mass is 15.3. The van der Waals surface area contributed by atoms with E-state index in [-0.39, 0.29) is 0 Å². The topological polar surface area (TPSA) is 34.1 Å². The minimum atomic E-state index is 0.929. The SMILES string of the molecule is C=CCCCCCN(C)C(=NCCCCN1CCN(CC)CC1)NCC. The van der Waals surface area contributed by atoms with Crippen molar-refractivity contribution in [1.29, 1.82) is 0 Å². The number of unbranched alkanes of at least 4 members (excludes halogenated alkanes) is 4. The van der Waals surface area contributed by atoms with Gasteiger partial charge in [0.05, 0.1) is 0 Å². The number of guanidine groups is 1. The highest BCUT2D eigenvalue weighted by Gasteiger charge is 2.14. The van der Waals surface area contributed by atoms with E-state index in [4.69, 9.17) is 4.99 Å². The molecule has 1 heterocycles. The van der Waals surface area contributed by atoms with Crippen LogP contribution in [0.3, 0.4) is 0 Å². The number of hydrogen-bond donors (Lipinski definition) is 1. The zero-order valence-corrected chi connectivity index (χ0v) is 17.7. The highest BCUT2D eigenvalue weighted by molar-refractivity contribution is 5.79. The number of piperazine rings is 1. The van der Waals surface area contributed by atoms with Gasteiger partial charge in [0, 0.05) is 52.9 Å². The third kappa shape index (κ3) is 10.2. The van der Waals surface area contributed by atoms with Crippen molar-refractivity contribution in [1.82, 2.24) is 20.0 Å². The van der Waals surface area contributed by atoms with Crippen molar-refractivity contribution < 1.29 is 0 Å². The molecule has 0 bridgehead atoms. The first kappa shape index (κ1) is 23.0. The third-order valence-electron chi connectivity index (χ3n) is 5.15. The van der Waals surface area contributed by atoms with E-state index in [0.717, 1.165) is 32.0 Å². The second-order valence-corrected chi connectivity index (χ2v) is 7.28. The molecule has 1 fully saturated rings. The smallest absolute Gasteiger partial charge is 0.193 e. The Morgan fingerprint density at radius 1 is 1.04 bits per heavy atom. The van der Waals surface area contributed by atoms with Crippen LogP contribution >= 0.6 is 0 Å². The Labute approximate surface area is 162 Å². The number of aliphatic imine (C=N–C) groups is 1. The predicted octanol–water partition coefficient (Wildman–Crippen LogP) is 3.05. The maximum Gasteiger partial charge on any atom is 0.193 e. The molecule has 0 spiro atoms. The van der Waals surface area contributed by atoms with Crippen molar-refractivity contribution in [3.05, 3.63) is 12.7 Å². The van der Waals surface area contributed by atoms with E-state index in [2.05, 4.69) is 47.5 Å². The van der Waals surface area contributed by atoms with E-state index in [1.807, 2.05) is 6.08 Å². The number of rotatable bonds is 13. The molecule has 1 aliphatic heterocycles. The monoisotopic (exact) mass is 365 g/mol. The summed E-state index contributed by atoms with van der Waals surface area (Å²) in [5, 5.41) is 3.43. The summed E-state index contributed by atoms with van der Waals surface area (Å²) in [5.41, 5.74) is 0. The van der Waals surface area contributed by atoms with E-state index in [1.54, 1.807) is 0 Å². The molecule has 1 N–H and O–H groups in total. The molecule has 0 amide bonds. The average Bonchev–Trinajstić information content (AvgIpc) is 2.67. The van der Waals surface area contributed by atoms with Crippen LogP contribution in [0.2, 0.25) is 0 Å². The average molecular weight is 366 g/mol. The van der Waals surface area contributed by atoms with Crippen LogP contribution < -0.4 is 5.32 Å². The second-order valence-electron chi connectivity index (χ2n) is 7.28. The molecule has 152 valence electrons. The molecule has 0 radical (unpaired) electrons. The van der Waals surface area contributed by atoms with Gasteiger partial charge in [-0.15, -0.1) is 6.58 Å². The van der Waals surface area contributed by atoms with Crippen LogP contribution in [-0.2, 0) is 0 Å². The zero-order valence-electron chi connectivity index (χ0n) is 17.7. The molecule has 1 aliphatic rings. The Balaban J connectivity index is 2.18. The lowest BCUT2D eigenvalue weighted by Gasteiger charge is -2.33. The van der Waals surface area contributed by atoms with Crippen molar-refractivity contribution in [3.8, 4) is 0 Å². The summed E-state index contributed by atoms with van der Waals surface area (Å²) in [4.78, 5) is 12.3. The molecule has 1 rings (SSSR count). The summed E-state index contributed by atoms with van der Waals surface area (Å²) in [7, 11) is 2.15. The molecule has 0 unspecified atom stereocenters. The Kier molecular flexibility index (Phi) is 13.3. The molecule has 5 heteroatoms. The molecular weight excluding hydrogens is 322 g/mol. The van der Waals surface area contributed by atoms with E-state index < -0.39 is 0 Å². The van der Waals surface area contributed by atoms with E-state index in [1.165, 1.54) is 71.4 Å². The first-order valence-electron chi connectivity index (χ1n) is 10.8. The lowest BCUT2D eigenvalue weighted by Crippen LogP contribution is -2.46. The van der Waals surface area contributed by atoms with Gasteiger partial charge in [0.1, 0.15) is 0 Å². The maximum atomic E-state index is 4.82. The molecule has 0 aromatic heterocycles. The first-order chi connectivity index (χ1) is 12.7. The van der Waals surface area contributed by atoms with Gasteiger partial charge in [0.25, 0.3) is 0 Å². The summed E-state index contributed by atoms with van der Waals surface area (Å²) >= 11 is 0. The van der Waals surface area contributed by atoms with Crippen molar-refractivity contribution in [2.45, 2.75) is 52.4 Å². The molecule has 0 atom stereocenters. The van der Waals surface area contributed by atoms with Gasteiger partial charge in [-0.1, -0.05) is 19.4 Å². The fraction of sp³-hybridized carbons (Fsp3) is 0.857. The second kappa shape index (κ2) is 15.0. The lowest BCUT2D eigenvalue weighted by molar-refractivity contribution is 0.136. The van der Waals surface area contributed by atoms with Crippen molar-refractivity contribution in [2.24, 2.45) is 4.99 Å². The Morgan fingerprint density at radius 3 is 2.42 bits per heavy atom. The number of nitrogens with one attached hydrogen (secondary N) is 1. The van der Waals surface area contributed by atoms with E-state index in [0.29, 0.717) is 0 Å². The molecule has 0 aliphatic carbocycles. The molecule has 0 aromatic carbocycles. The van der Waals surface area contributed by atoms with E-state index >= 15 is 0 Å². The van der Waals surface area contributed by atoms with Crippen molar-refractivity contribution in [2.75, 3.05) is 66.0 Å². The van der Waals surface area contributed by atoms with Gasteiger partial charge in [-0.25, -0.2) is 0 Å². The minimum Gasteiger partial charge on any atom is -0.357 e. The standard InChI is InChI=1S/C21H43N5/c1-5-8-9-10-12-15-24(4)21(22-6-2)23-14-11-13-16-26-19-17-25(7-3)18-20-26/h5H,1,6-20H2,2-4H3,(H,22,23). The van der Waals surface area contributed by atoms with Gasteiger partial charge >= 0.3 is 0 Å². The summed E-state index contributed by atoms with van der Waals surface area (Å²) in [6.07, 6.45) is 9.30. The predicted molar refractivity (Wildman–Crippen MR) is 115 cm³/mol. The van der Waals surface area contributed by atoms with Crippen LogP contribution in [0.1, 0.15) is 52.4 Å². The fourth-order valence-corrected chi connectivity index (χ4v) is 3.35. The molecule has 26 heavy (non-hydrogen) atoms. The summed E-state index contributed by atoms with van der Waals surface area (Å²) in [5.74, 6) is 1.06. The zero-order chi connectivity index (χ0) is 19.0. The van der Waals surface area contributed by atoms with Gasteiger partial charge in [0.2, 0.25) is 0 Å². The quantitative estimate of drug-likeness (QED) is 0.235. The van der Waals surface area contributed by atoms with Crippen molar-refractivity contribution in [3.63, 3.8) is 0 Å². The largest absolute Gasteiger partial charge is 0.357 e. The molecular formula is C21H43N5. The number of hydrogen-bond acceptors (Lipinski definition) is 3. The first-order valence-corrected chi connectivity index (χ1v) is 10.8. The number of nitrogens with zero attached hydrogens (tertiary/aromatic N) is 4. The van der Waals surface area contributed by atoms with Gasteiger partial charge in [-0.05, 0) is 52.1 Å².